The molecule has 100 valence electrons. The van der Waals surface area contributed by atoms with E-state index in [1.54, 1.807) is 0 Å². The molecular weight excluding hydrogens is 242 g/mol. The van der Waals surface area contributed by atoms with Gasteiger partial charge in [0, 0.05) is 12.0 Å². The van der Waals surface area contributed by atoms with Crippen LogP contribution in [0.4, 0.5) is 0 Å². The maximum Gasteiger partial charge on any atom is 0.422 e. The van der Waals surface area contributed by atoms with Crippen LogP contribution in [0.2, 0.25) is 0 Å². The van der Waals surface area contributed by atoms with Crippen molar-refractivity contribution in [3.8, 4) is 0 Å². The molecule has 1 aromatic heterocycles. The van der Waals surface area contributed by atoms with Gasteiger partial charge in [0.05, 0.1) is 6.54 Å². The molecule has 1 unspecified atom stereocenters. The fraction of sp³-hybridized carbons (Fsp3) is 0.333. The molecule has 0 saturated carbocycles. The SMILES string of the molecule is CCC(C)c1cc(=O)n(Cc2ccccc2)c(=O)o1. The van der Waals surface area contributed by atoms with Gasteiger partial charge in [0.2, 0.25) is 0 Å². The van der Waals surface area contributed by atoms with E-state index in [-0.39, 0.29) is 18.0 Å². The van der Waals surface area contributed by atoms with Crippen molar-refractivity contribution >= 4 is 0 Å². The molecule has 0 aliphatic carbocycles. The molecule has 0 aliphatic heterocycles. The van der Waals surface area contributed by atoms with E-state index >= 15 is 0 Å². The number of aromatic nitrogens is 1. The zero-order valence-electron chi connectivity index (χ0n) is 11.1. The minimum absolute atomic E-state index is 0.0757. The first-order chi connectivity index (χ1) is 9.11. The third-order valence-corrected chi connectivity index (χ3v) is 3.24. The van der Waals surface area contributed by atoms with Gasteiger partial charge < -0.3 is 4.42 Å². The predicted octanol–water partition coefficient (Wildman–Crippen LogP) is 2.36. The first-order valence-corrected chi connectivity index (χ1v) is 6.40. The van der Waals surface area contributed by atoms with Gasteiger partial charge >= 0.3 is 5.76 Å². The zero-order valence-corrected chi connectivity index (χ0v) is 11.1. The van der Waals surface area contributed by atoms with Crippen molar-refractivity contribution in [1.29, 1.82) is 0 Å². The Kier molecular flexibility index (Phi) is 4.00. The van der Waals surface area contributed by atoms with Crippen LogP contribution < -0.4 is 11.3 Å². The smallest absolute Gasteiger partial charge is 0.414 e. The van der Waals surface area contributed by atoms with E-state index in [1.165, 1.54) is 6.07 Å². The minimum Gasteiger partial charge on any atom is -0.414 e. The van der Waals surface area contributed by atoms with E-state index in [1.807, 2.05) is 44.2 Å². The van der Waals surface area contributed by atoms with Crippen LogP contribution in [0.25, 0.3) is 0 Å². The Bertz CT molecular complexity index is 624. The fourth-order valence-corrected chi connectivity index (χ4v) is 1.83. The van der Waals surface area contributed by atoms with Crippen molar-refractivity contribution in [3.63, 3.8) is 0 Å². The summed E-state index contributed by atoms with van der Waals surface area (Å²) in [5, 5.41) is 0. The molecule has 0 radical (unpaired) electrons. The van der Waals surface area contributed by atoms with Crippen LogP contribution in [0.15, 0.2) is 50.4 Å². The van der Waals surface area contributed by atoms with Gasteiger partial charge in [-0.2, -0.15) is 0 Å². The quantitative estimate of drug-likeness (QED) is 0.847. The second-order valence-electron chi connectivity index (χ2n) is 4.63. The minimum atomic E-state index is -0.591. The Morgan fingerprint density at radius 3 is 2.47 bits per heavy atom. The van der Waals surface area contributed by atoms with Crippen molar-refractivity contribution in [2.24, 2.45) is 0 Å². The van der Waals surface area contributed by atoms with Gasteiger partial charge in [0.1, 0.15) is 5.76 Å². The molecule has 4 nitrogen and oxygen atoms in total. The molecule has 19 heavy (non-hydrogen) atoms. The van der Waals surface area contributed by atoms with Crippen LogP contribution in [0, 0.1) is 0 Å². The summed E-state index contributed by atoms with van der Waals surface area (Å²) in [6, 6.07) is 10.8. The summed E-state index contributed by atoms with van der Waals surface area (Å²) in [7, 11) is 0. The van der Waals surface area contributed by atoms with Gasteiger partial charge in [-0.3, -0.25) is 4.79 Å². The summed E-state index contributed by atoms with van der Waals surface area (Å²) >= 11 is 0. The number of rotatable bonds is 4. The molecule has 0 saturated heterocycles. The van der Waals surface area contributed by atoms with Gasteiger partial charge in [-0.05, 0) is 12.0 Å². The summed E-state index contributed by atoms with van der Waals surface area (Å²) in [5.74, 6) is -0.0553. The maximum atomic E-state index is 12.0. The van der Waals surface area contributed by atoms with Gasteiger partial charge in [-0.15, -0.1) is 0 Å². The molecule has 1 aromatic carbocycles. The van der Waals surface area contributed by atoms with Crippen molar-refractivity contribution in [2.75, 3.05) is 0 Å². The number of nitrogens with zero attached hydrogens (tertiary/aromatic N) is 1. The molecule has 2 aromatic rings. The monoisotopic (exact) mass is 259 g/mol. The molecular formula is C15H17NO3. The van der Waals surface area contributed by atoms with Gasteiger partial charge in [-0.1, -0.05) is 44.2 Å². The standard InChI is InChI=1S/C15H17NO3/c1-3-11(2)13-9-14(17)16(15(18)19-13)10-12-7-5-4-6-8-12/h4-9,11H,3,10H2,1-2H3. The lowest BCUT2D eigenvalue weighted by Crippen LogP contribution is -2.33. The third-order valence-electron chi connectivity index (χ3n) is 3.24. The molecule has 2 rings (SSSR count). The Hall–Kier alpha value is -2.10. The largest absolute Gasteiger partial charge is 0.422 e. The molecule has 1 heterocycles. The van der Waals surface area contributed by atoms with E-state index in [2.05, 4.69) is 0 Å². The highest BCUT2D eigenvalue weighted by molar-refractivity contribution is 5.15. The second-order valence-corrected chi connectivity index (χ2v) is 4.63. The lowest BCUT2D eigenvalue weighted by molar-refractivity contribution is 0.373. The molecule has 0 fully saturated rings. The van der Waals surface area contributed by atoms with E-state index in [0.29, 0.717) is 5.76 Å². The molecule has 0 N–H and O–H groups in total. The van der Waals surface area contributed by atoms with Crippen molar-refractivity contribution < 1.29 is 4.42 Å². The van der Waals surface area contributed by atoms with Crippen LogP contribution in [-0.2, 0) is 6.54 Å². The summed E-state index contributed by atoms with van der Waals surface area (Å²) < 4.78 is 6.33. The highest BCUT2D eigenvalue weighted by Crippen LogP contribution is 2.14. The molecule has 0 amide bonds. The van der Waals surface area contributed by atoms with Crippen molar-refractivity contribution in [2.45, 2.75) is 32.7 Å². The highest BCUT2D eigenvalue weighted by Gasteiger charge is 2.11. The fourth-order valence-electron chi connectivity index (χ4n) is 1.83. The van der Waals surface area contributed by atoms with Gasteiger partial charge in [-0.25, -0.2) is 9.36 Å². The summed E-state index contributed by atoms with van der Waals surface area (Å²) in [6.45, 7) is 4.15. The van der Waals surface area contributed by atoms with Crippen LogP contribution >= 0.6 is 0 Å². The Labute approximate surface area is 111 Å². The number of hydrogen-bond acceptors (Lipinski definition) is 3. The second kappa shape index (κ2) is 5.69. The number of benzene rings is 1. The molecule has 1 atom stereocenters. The summed E-state index contributed by atoms with van der Waals surface area (Å²) in [4.78, 5) is 23.9. The third kappa shape index (κ3) is 3.02. The zero-order chi connectivity index (χ0) is 13.8. The number of hydrogen-bond donors (Lipinski definition) is 0. The molecule has 4 heteroatoms. The van der Waals surface area contributed by atoms with E-state index in [9.17, 15) is 9.59 Å². The molecule has 0 bridgehead atoms. The lowest BCUT2D eigenvalue weighted by Gasteiger charge is -2.08. The summed E-state index contributed by atoms with van der Waals surface area (Å²) in [6.07, 6.45) is 0.824. The van der Waals surface area contributed by atoms with Crippen LogP contribution in [0.5, 0.6) is 0 Å². The van der Waals surface area contributed by atoms with E-state index in [0.717, 1.165) is 16.6 Å². The van der Waals surface area contributed by atoms with Crippen molar-refractivity contribution in [1.82, 2.24) is 4.57 Å². The maximum absolute atomic E-state index is 12.0. The highest BCUT2D eigenvalue weighted by atomic mass is 16.4. The van der Waals surface area contributed by atoms with Gasteiger partial charge in [0.15, 0.2) is 0 Å². The summed E-state index contributed by atoms with van der Waals surface area (Å²) in [5.41, 5.74) is 0.587. The van der Waals surface area contributed by atoms with Gasteiger partial charge in [0.25, 0.3) is 5.56 Å². The Balaban J connectivity index is 2.38. The topological polar surface area (TPSA) is 52.2 Å². The van der Waals surface area contributed by atoms with E-state index in [4.69, 9.17) is 4.42 Å². The first kappa shape index (κ1) is 13.3. The average Bonchev–Trinajstić information content (AvgIpc) is 2.43. The Morgan fingerprint density at radius 2 is 1.89 bits per heavy atom. The normalized spacial score (nSPS) is 12.3. The average molecular weight is 259 g/mol. The van der Waals surface area contributed by atoms with E-state index < -0.39 is 5.76 Å². The van der Waals surface area contributed by atoms with Crippen molar-refractivity contribution in [3.05, 3.63) is 68.6 Å². The van der Waals surface area contributed by atoms with Crippen LogP contribution in [0.3, 0.4) is 0 Å². The van der Waals surface area contributed by atoms with Crippen LogP contribution in [-0.4, -0.2) is 4.57 Å². The van der Waals surface area contributed by atoms with Crippen LogP contribution in [0.1, 0.15) is 37.5 Å². The first-order valence-electron chi connectivity index (χ1n) is 6.40. The lowest BCUT2D eigenvalue weighted by atomic mass is 10.1. The molecule has 0 aliphatic rings. The molecule has 0 spiro atoms. The predicted molar refractivity (Wildman–Crippen MR) is 73.5 cm³/mol. The Morgan fingerprint density at radius 1 is 1.21 bits per heavy atom.